The summed E-state index contributed by atoms with van der Waals surface area (Å²) < 4.78 is 223. The lowest BCUT2D eigenvalue weighted by Crippen LogP contribution is -2.16. The third-order valence-corrected chi connectivity index (χ3v) is 14.0. The van der Waals surface area contributed by atoms with Gasteiger partial charge in [0.25, 0.3) is 30.4 Å². The van der Waals surface area contributed by atoms with Gasteiger partial charge in [0.05, 0.1) is 40.2 Å². The predicted octanol–water partition coefficient (Wildman–Crippen LogP) is 2.31. The van der Waals surface area contributed by atoms with Crippen molar-refractivity contribution < 1.29 is 95.2 Å². The molecular formula is C27H27N5O22S7. The first kappa shape index (κ1) is 49.0. The number of nitrogens with one attached hydrogen (secondary N) is 1. The van der Waals surface area contributed by atoms with Gasteiger partial charge in [0.15, 0.2) is 25.4 Å². The van der Waals surface area contributed by atoms with Gasteiger partial charge in [0.1, 0.15) is 38.4 Å². The molecule has 0 heterocycles. The van der Waals surface area contributed by atoms with Crippen molar-refractivity contribution in [3.05, 3.63) is 60.7 Å². The smallest absolute Gasteiger partial charge is 0.397 e. The molecular weight excluding hydrogens is 971 g/mol. The number of sulfone groups is 2. The summed E-state index contributed by atoms with van der Waals surface area (Å²) in [6.45, 7) is -2.17. The number of rotatable bonds is 19. The van der Waals surface area contributed by atoms with E-state index in [2.05, 4.69) is 34.1 Å². The highest BCUT2D eigenvalue weighted by Crippen LogP contribution is 2.47. The summed E-state index contributed by atoms with van der Waals surface area (Å²) in [5, 5.41) is 27.3. The van der Waals surface area contributed by atoms with E-state index in [0.717, 1.165) is 24.3 Å². The quantitative estimate of drug-likeness (QED) is 0.0523. The Bertz CT molecular complexity index is 3270. The monoisotopic (exact) mass is 997 g/mol. The fraction of sp³-hybridized carbons (Fsp3) is 0.185. The Morgan fingerprint density at radius 2 is 1.05 bits per heavy atom. The summed E-state index contributed by atoms with van der Waals surface area (Å²) >= 11 is 0. The van der Waals surface area contributed by atoms with Crippen molar-refractivity contribution in [2.75, 3.05) is 35.9 Å². The van der Waals surface area contributed by atoms with Crippen molar-refractivity contribution in [3.63, 3.8) is 0 Å². The van der Waals surface area contributed by atoms with Crippen LogP contribution in [0.5, 0.6) is 5.75 Å². The lowest BCUT2D eigenvalue weighted by molar-refractivity contribution is 0.282. The Labute approximate surface area is 345 Å². The first-order valence-electron chi connectivity index (χ1n) is 15.5. The van der Waals surface area contributed by atoms with E-state index in [4.69, 9.17) is 9.11 Å². The summed E-state index contributed by atoms with van der Waals surface area (Å²) in [6, 6.07) is 8.75. The fourth-order valence-electron chi connectivity index (χ4n) is 4.83. The third kappa shape index (κ3) is 13.4. The van der Waals surface area contributed by atoms with Gasteiger partial charge in [-0.05, 0) is 48.5 Å². The molecule has 61 heavy (non-hydrogen) atoms. The minimum atomic E-state index is -5.53. The van der Waals surface area contributed by atoms with E-state index >= 15 is 0 Å². The van der Waals surface area contributed by atoms with Gasteiger partial charge in [-0.1, -0.05) is 12.1 Å². The van der Waals surface area contributed by atoms with E-state index in [9.17, 15) is 77.7 Å². The Kier molecular flexibility index (Phi) is 14.4. The third-order valence-electron chi connectivity index (χ3n) is 7.38. The highest BCUT2D eigenvalue weighted by molar-refractivity contribution is 7.92. The largest absolute Gasteiger partial charge is 0.505 e. The van der Waals surface area contributed by atoms with Crippen LogP contribution in [0.3, 0.4) is 0 Å². The number of aromatic hydroxyl groups is 1. The van der Waals surface area contributed by atoms with Gasteiger partial charge in [-0.15, -0.1) is 20.5 Å². The molecule has 4 aromatic carbocycles. The minimum Gasteiger partial charge on any atom is -0.505 e. The number of nitrogens with zero attached hydrogens (tertiary/aromatic N) is 4. The van der Waals surface area contributed by atoms with E-state index < -0.39 is 166 Å². The number of phenols is 1. The van der Waals surface area contributed by atoms with Crippen LogP contribution >= 0.6 is 0 Å². The van der Waals surface area contributed by atoms with E-state index in [0.29, 0.717) is 24.3 Å². The van der Waals surface area contributed by atoms with Crippen molar-refractivity contribution in [1.82, 2.24) is 0 Å². The average molecular weight is 998 g/mol. The second-order valence-electron chi connectivity index (χ2n) is 11.6. The number of phenolic OH excluding ortho intramolecular Hbond substituents is 1. The minimum absolute atomic E-state index is 0.339. The Morgan fingerprint density at radius 1 is 0.525 bits per heavy atom. The molecule has 334 valence electrons. The molecule has 0 bridgehead atoms. The fourth-order valence-corrected chi connectivity index (χ4v) is 9.69. The molecule has 7 N–H and O–H groups in total. The van der Waals surface area contributed by atoms with Crippen LogP contribution in [0.1, 0.15) is 0 Å². The van der Waals surface area contributed by atoms with Gasteiger partial charge in [-0.2, -0.15) is 42.1 Å². The summed E-state index contributed by atoms with van der Waals surface area (Å²) in [5.41, 5.74) is -3.53. The van der Waals surface area contributed by atoms with Gasteiger partial charge in [0.2, 0.25) is 0 Å². The molecule has 0 saturated heterocycles. The maximum atomic E-state index is 13.0. The van der Waals surface area contributed by atoms with Crippen molar-refractivity contribution in [2.24, 2.45) is 20.5 Å². The number of fused-ring (bicyclic) bond motifs is 1. The van der Waals surface area contributed by atoms with Gasteiger partial charge in [-0.25, -0.2) is 25.2 Å². The van der Waals surface area contributed by atoms with Crippen LogP contribution in [-0.2, 0) is 79.2 Å². The lowest BCUT2D eigenvalue weighted by Gasteiger charge is -2.14. The zero-order valence-electron chi connectivity index (χ0n) is 29.7. The van der Waals surface area contributed by atoms with Crippen LogP contribution in [0.4, 0.5) is 28.4 Å². The average Bonchev–Trinajstić information content (AvgIpc) is 3.10. The lowest BCUT2D eigenvalue weighted by atomic mass is 10.1. The molecule has 34 heteroatoms. The molecule has 4 aromatic rings. The molecule has 4 rings (SSSR count). The molecule has 0 spiro atoms. The van der Waals surface area contributed by atoms with Gasteiger partial charge in [0, 0.05) is 10.8 Å². The van der Waals surface area contributed by atoms with Crippen LogP contribution in [-0.4, -0.2) is 117 Å². The van der Waals surface area contributed by atoms with E-state index in [1.807, 2.05) is 0 Å². The van der Waals surface area contributed by atoms with E-state index in [1.54, 1.807) is 0 Å². The van der Waals surface area contributed by atoms with E-state index in [-0.39, 0.29) is 0 Å². The number of anilines is 1. The zero-order chi connectivity index (χ0) is 46.0. The molecule has 0 atom stereocenters. The molecule has 0 saturated carbocycles. The van der Waals surface area contributed by atoms with Gasteiger partial charge >= 0.3 is 20.8 Å². The van der Waals surface area contributed by atoms with Crippen molar-refractivity contribution in [1.29, 1.82) is 0 Å². The summed E-state index contributed by atoms with van der Waals surface area (Å²) in [6.07, 6.45) is 0. The van der Waals surface area contributed by atoms with E-state index in [1.165, 1.54) is 12.1 Å². The molecule has 0 radical (unpaired) electrons. The number of azo groups is 2. The summed E-state index contributed by atoms with van der Waals surface area (Å²) in [7, 11) is -34.9. The van der Waals surface area contributed by atoms with Crippen LogP contribution in [0, 0.1) is 0 Å². The maximum Gasteiger partial charge on any atom is 0.397 e. The van der Waals surface area contributed by atoms with Crippen molar-refractivity contribution in [3.8, 4) is 5.75 Å². The topological polar surface area (TPSA) is 440 Å². The Balaban J connectivity index is 1.92. The molecule has 0 aliphatic heterocycles. The zero-order valence-corrected chi connectivity index (χ0v) is 35.4. The summed E-state index contributed by atoms with van der Waals surface area (Å²) in [4.78, 5) is -4.07. The second-order valence-corrected chi connectivity index (χ2v) is 22.2. The first-order valence-corrected chi connectivity index (χ1v) is 26.0. The number of benzene rings is 4. The first-order chi connectivity index (χ1) is 27.8. The normalized spacial score (nSPS) is 13.7. The van der Waals surface area contributed by atoms with Crippen molar-refractivity contribution in [2.45, 2.75) is 19.6 Å². The highest BCUT2D eigenvalue weighted by atomic mass is 32.3. The van der Waals surface area contributed by atoms with Crippen LogP contribution in [0.15, 0.2) is 101 Å². The second kappa shape index (κ2) is 18.0. The SMILES string of the molecule is O=S(=O)(O)CNc1ccc2c(O)c(/N=N/c3ccc(S(=O)(=O)CCOS(=O)(=O)O)cc3S(=O)(=O)O)c(S(=O)(=O)O)cc2c1/N=N/c1ccccc1S(=O)(=O)CCOS(=O)(=O)O. The Hall–Kier alpha value is -4.69. The standard InChI is InChI=1S/C27H27N5O22S7/c33-27-17-6-8-21(28-15-57(38,39)40)25(31-29-19-3-1-2-4-22(19)56(36,37)12-10-54-61(50,51)52)18(17)14-24(59(44,45)46)26(27)32-30-20-7-5-16(13-23(20)58(41,42)43)55(34,35)11-9-53-60(47,48)49/h1-8,13-14,28,33H,9-12,15H2,(H,38,39,40)(H,41,42,43)(H,44,45,46)(H,47,48,49)(H,50,51,52)/b31-29+,32-30+. The molecule has 0 aliphatic carbocycles. The van der Waals surface area contributed by atoms with Crippen LogP contribution in [0.2, 0.25) is 0 Å². The van der Waals surface area contributed by atoms with Gasteiger partial charge < -0.3 is 10.4 Å². The molecule has 27 nitrogen and oxygen atoms in total. The molecule has 0 aliphatic rings. The van der Waals surface area contributed by atoms with Crippen LogP contribution in [0.25, 0.3) is 10.8 Å². The maximum absolute atomic E-state index is 13.0. The van der Waals surface area contributed by atoms with Gasteiger partial charge in [-0.3, -0.25) is 22.8 Å². The number of hydrogen-bond acceptors (Lipinski definition) is 22. The predicted molar refractivity (Wildman–Crippen MR) is 206 cm³/mol. The molecule has 0 fully saturated rings. The van der Waals surface area contributed by atoms with Crippen molar-refractivity contribution >= 4 is 110 Å². The molecule has 0 aromatic heterocycles. The molecule has 0 amide bonds. The molecule has 0 unspecified atom stereocenters. The summed E-state index contributed by atoms with van der Waals surface area (Å²) in [5.74, 6) is -4.57. The highest BCUT2D eigenvalue weighted by Gasteiger charge is 2.27. The van der Waals surface area contributed by atoms with Crippen LogP contribution < -0.4 is 5.32 Å². The number of hydrogen-bond donors (Lipinski definition) is 7. The Morgan fingerprint density at radius 3 is 1.59 bits per heavy atom.